The van der Waals surface area contributed by atoms with Gasteiger partial charge in [-0.25, -0.2) is 4.79 Å². The van der Waals surface area contributed by atoms with E-state index in [4.69, 9.17) is 5.11 Å². The summed E-state index contributed by atoms with van der Waals surface area (Å²) in [6.07, 6.45) is -2.82. The first-order chi connectivity index (χ1) is 7.91. The number of carboxylic acids is 1. The van der Waals surface area contributed by atoms with Crippen molar-refractivity contribution >= 4 is 5.97 Å². The van der Waals surface area contributed by atoms with Crippen LogP contribution in [0.1, 0.15) is 16.1 Å². The summed E-state index contributed by atoms with van der Waals surface area (Å²) in [5.41, 5.74) is -2.09. The molecule has 0 amide bonds. The lowest BCUT2D eigenvalue weighted by atomic mass is 10.1. The monoisotopic (exact) mass is 246 g/mol. The Labute approximate surface area is 91.5 Å². The van der Waals surface area contributed by atoms with Crippen molar-refractivity contribution in [2.75, 3.05) is 0 Å². The molecule has 9 heteroatoms. The minimum Gasteiger partial charge on any atom is -0.478 e. The molecule has 0 aliphatic carbocycles. The minimum absolute atomic E-state index is 0.237. The minimum atomic E-state index is -4.65. The van der Waals surface area contributed by atoms with Crippen LogP contribution in [0, 0.1) is 0 Å². The summed E-state index contributed by atoms with van der Waals surface area (Å²) in [6.45, 7) is 0. The Morgan fingerprint density at radius 1 is 1.24 bits per heavy atom. The highest BCUT2D eigenvalue weighted by Gasteiger charge is 2.37. The third-order valence-corrected chi connectivity index (χ3v) is 2.06. The van der Waals surface area contributed by atoms with Crippen LogP contribution in [0.3, 0.4) is 0 Å². The maximum atomic E-state index is 12.6. The zero-order chi connectivity index (χ0) is 12.6. The number of H-pyrrole nitrogens is 2. The van der Waals surface area contributed by atoms with Gasteiger partial charge in [0.05, 0.1) is 23.7 Å². The molecular formula is C8H5F3N4O2. The second-order valence-corrected chi connectivity index (χ2v) is 3.12. The van der Waals surface area contributed by atoms with Gasteiger partial charge in [0.15, 0.2) is 0 Å². The van der Waals surface area contributed by atoms with E-state index in [1.54, 1.807) is 5.10 Å². The highest BCUT2D eigenvalue weighted by Crippen LogP contribution is 2.35. The second-order valence-electron chi connectivity index (χ2n) is 3.12. The molecule has 0 aliphatic heterocycles. The molecule has 0 bridgehead atoms. The summed E-state index contributed by atoms with van der Waals surface area (Å²) in [7, 11) is 0. The Kier molecular flexibility index (Phi) is 2.37. The molecule has 0 spiro atoms. The maximum Gasteiger partial charge on any atom is 0.433 e. The SMILES string of the molecule is O=C(O)c1cn[nH]c1-c1cn[nH]c1C(F)(F)F. The molecule has 0 saturated carbocycles. The number of carbonyl (C=O) groups is 1. The van der Waals surface area contributed by atoms with Crippen molar-refractivity contribution < 1.29 is 23.1 Å². The number of aromatic amines is 2. The zero-order valence-electron chi connectivity index (χ0n) is 8.04. The first kappa shape index (κ1) is 11.2. The number of hydrogen-bond acceptors (Lipinski definition) is 3. The topological polar surface area (TPSA) is 94.7 Å². The fraction of sp³-hybridized carbons (Fsp3) is 0.125. The van der Waals surface area contributed by atoms with Crippen molar-refractivity contribution in [1.29, 1.82) is 0 Å². The third-order valence-electron chi connectivity index (χ3n) is 2.06. The Morgan fingerprint density at radius 2 is 1.88 bits per heavy atom. The molecule has 90 valence electrons. The lowest BCUT2D eigenvalue weighted by Crippen LogP contribution is -2.08. The van der Waals surface area contributed by atoms with Crippen LogP contribution in [-0.4, -0.2) is 31.5 Å². The van der Waals surface area contributed by atoms with E-state index in [9.17, 15) is 18.0 Å². The smallest absolute Gasteiger partial charge is 0.433 e. The van der Waals surface area contributed by atoms with E-state index >= 15 is 0 Å². The van der Waals surface area contributed by atoms with E-state index in [0.717, 1.165) is 12.4 Å². The number of rotatable bonds is 2. The Balaban J connectivity index is 2.58. The van der Waals surface area contributed by atoms with Gasteiger partial charge in [-0.15, -0.1) is 0 Å². The normalized spacial score (nSPS) is 11.7. The molecular weight excluding hydrogens is 241 g/mol. The number of aromatic nitrogens is 4. The lowest BCUT2D eigenvalue weighted by Gasteiger charge is -2.05. The van der Waals surface area contributed by atoms with Gasteiger partial charge < -0.3 is 5.11 Å². The van der Waals surface area contributed by atoms with E-state index in [2.05, 4.69) is 15.3 Å². The Bertz CT molecular complexity index is 557. The van der Waals surface area contributed by atoms with Crippen LogP contribution in [0.2, 0.25) is 0 Å². The van der Waals surface area contributed by atoms with E-state index in [0.29, 0.717) is 0 Å². The molecule has 17 heavy (non-hydrogen) atoms. The number of carboxylic acid groups (broad SMARTS) is 1. The van der Waals surface area contributed by atoms with E-state index < -0.39 is 17.8 Å². The van der Waals surface area contributed by atoms with Gasteiger partial charge in [-0.2, -0.15) is 23.4 Å². The predicted octanol–water partition coefficient (Wildman–Crippen LogP) is 1.52. The third kappa shape index (κ3) is 1.86. The maximum absolute atomic E-state index is 12.6. The molecule has 0 radical (unpaired) electrons. The summed E-state index contributed by atoms with van der Waals surface area (Å²) < 4.78 is 37.7. The molecule has 0 atom stereocenters. The van der Waals surface area contributed by atoms with Crippen LogP contribution < -0.4 is 0 Å². The fourth-order valence-electron chi connectivity index (χ4n) is 1.35. The van der Waals surface area contributed by atoms with Crippen molar-refractivity contribution in [2.24, 2.45) is 0 Å². The van der Waals surface area contributed by atoms with Gasteiger partial charge in [0, 0.05) is 0 Å². The van der Waals surface area contributed by atoms with Gasteiger partial charge in [0.25, 0.3) is 0 Å². The molecule has 0 saturated heterocycles. The standard InChI is InChI=1S/C8H5F3N4O2/c9-8(10,11)6-3(1-13-15-6)5-4(7(16)17)2-12-14-5/h1-2H,(H,12,14)(H,13,15)(H,16,17). The zero-order valence-corrected chi connectivity index (χ0v) is 8.04. The molecule has 2 aromatic heterocycles. The molecule has 2 aromatic rings. The average Bonchev–Trinajstić information content (AvgIpc) is 2.84. The summed E-state index contributed by atoms with van der Waals surface area (Å²) in [5, 5.41) is 19.4. The number of halogens is 3. The molecule has 0 aromatic carbocycles. The van der Waals surface area contributed by atoms with Crippen LogP contribution in [0.25, 0.3) is 11.3 Å². The molecule has 2 heterocycles. The molecule has 0 unspecified atom stereocenters. The summed E-state index contributed by atoms with van der Waals surface area (Å²) in [4.78, 5) is 10.8. The highest BCUT2D eigenvalue weighted by molar-refractivity contribution is 5.94. The van der Waals surface area contributed by atoms with Crippen molar-refractivity contribution in [2.45, 2.75) is 6.18 Å². The molecule has 0 aliphatic rings. The Hall–Kier alpha value is -2.32. The van der Waals surface area contributed by atoms with Crippen LogP contribution in [0.4, 0.5) is 13.2 Å². The van der Waals surface area contributed by atoms with Gasteiger partial charge in [-0.1, -0.05) is 0 Å². The van der Waals surface area contributed by atoms with Crippen LogP contribution >= 0.6 is 0 Å². The first-order valence-corrected chi connectivity index (χ1v) is 4.29. The Morgan fingerprint density at radius 3 is 2.47 bits per heavy atom. The van der Waals surface area contributed by atoms with E-state index in [1.807, 2.05) is 0 Å². The van der Waals surface area contributed by atoms with Crippen LogP contribution in [0.15, 0.2) is 12.4 Å². The van der Waals surface area contributed by atoms with Gasteiger partial charge in [0.2, 0.25) is 0 Å². The van der Waals surface area contributed by atoms with E-state index in [-0.39, 0.29) is 16.8 Å². The summed E-state index contributed by atoms with van der Waals surface area (Å²) in [5.74, 6) is -1.37. The second kappa shape index (κ2) is 3.61. The van der Waals surface area contributed by atoms with Crippen LogP contribution in [-0.2, 0) is 6.18 Å². The van der Waals surface area contributed by atoms with Crippen molar-refractivity contribution in [3.8, 4) is 11.3 Å². The van der Waals surface area contributed by atoms with Gasteiger partial charge in [0.1, 0.15) is 11.3 Å². The molecule has 6 nitrogen and oxygen atoms in total. The molecule has 3 N–H and O–H groups in total. The average molecular weight is 246 g/mol. The number of aromatic carboxylic acids is 1. The lowest BCUT2D eigenvalue weighted by molar-refractivity contribution is -0.140. The number of nitrogens with one attached hydrogen (secondary N) is 2. The van der Waals surface area contributed by atoms with Crippen molar-refractivity contribution in [3.63, 3.8) is 0 Å². The number of hydrogen-bond donors (Lipinski definition) is 3. The molecule has 2 rings (SSSR count). The fourth-order valence-corrected chi connectivity index (χ4v) is 1.35. The molecule has 0 fully saturated rings. The summed E-state index contributed by atoms with van der Waals surface area (Å²) in [6, 6.07) is 0. The van der Waals surface area contributed by atoms with Crippen molar-refractivity contribution in [3.05, 3.63) is 23.7 Å². The number of nitrogens with zero attached hydrogens (tertiary/aromatic N) is 2. The number of alkyl halides is 3. The largest absolute Gasteiger partial charge is 0.478 e. The van der Waals surface area contributed by atoms with Gasteiger partial charge in [-0.05, 0) is 0 Å². The highest BCUT2D eigenvalue weighted by atomic mass is 19.4. The van der Waals surface area contributed by atoms with Crippen molar-refractivity contribution in [1.82, 2.24) is 20.4 Å². The quantitative estimate of drug-likeness (QED) is 0.748. The van der Waals surface area contributed by atoms with Gasteiger partial charge >= 0.3 is 12.1 Å². The predicted molar refractivity (Wildman–Crippen MR) is 48.1 cm³/mol. The van der Waals surface area contributed by atoms with Crippen LogP contribution in [0.5, 0.6) is 0 Å². The van der Waals surface area contributed by atoms with E-state index in [1.165, 1.54) is 0 Å². The summed E-state index contributed by atoms with van der Waals surface area (Å²) >= 11 is 0. The first-order valence-electron chi connectivity index (χ1n) is 4.29. The van der Waals surface area contributed by atoms with Gasteiger partial charge in [-0.3, -0.25) is 10.2 Å².